The van der Waals surface area contributed by atoms with Crippen molar-refractivity contribution in [3.8, 4) is 0 Å². The van der Waals surface area contributed by atoms with Crippen LogP contribution in [0.4, 0.5) is 28.0 Å². The smallest absolute Gasteiger partial charge is 0.440 e. The van der Waals surface area contributed by atoms with Crippen LogP contribution in [0.25, 0.3) is 0 Å². The van der Waals surface area contributed by atoms with Gasteiger partial charge in [0.15, 0.2) is 5.76 Å². The maximum atomic E-state index is 13.9. The Kier molecular flexibility index (Phi) is 3.93. The van der Waals surface area contributed by atoms with Gasteiger partial charge in [0, 0.05) is 0 Å². The number of halogens is 4. The Bertz CT molecular complexity index is 881. The number of hydrogen-bond acceptors (Lipinski definition) is 4. The normalized spacial score (nSPS) is 20.2. The third-order valence-corrected chi connectivity index (χ3v) is 3.59. The predicted molar refractivity (Wildman–Crippen MR) is 77.4 cm³/mol. The van der Waals surface area contributed by atoms with Gasteiger partial charge in [0.1, 0.15) is 5.82 Å². The van der Waals surface area contributed by atoms with Gasteiger partial charge >= 0.3 is 12.2 Å². The third-order valence-electron chi connectivity index (χ3n) is 3.59. The van der Waals surface area contributed by atoms with Crippen LogP contribution in [0.1, 0.15) is 10.6 Å². The van der Waals surface area contributed by atoms with Gasteiger partial charge in [0.2, 0.25) is 0 Å². The molecule has 11 heteroatoms. The lowest BCUT2D eigenvalue weighted by molar-refractivity contribution is -0.197. The minimum atomic E-state index is -5.41. The lowest BCUT2D eigenvalue weighted by Gasteiger charge is -2.29. The fourth-order valence-corrected chi connectivity index (χ4v) is 2.37. The summed E-state index contributed by atoms with van der Waals surface area (Å²) < 4.78 is 59.4. The van der Waals surface area contributed by atoms with E-state index in [1.807, 2.05) is 0 Å². The zero-order valence-electron chi connectivity index (χ0n) is 12.6. The van der Waals surface area contributed by atoms with Gasteiger partial charge in [-0.05, 0) is 24.3 Å². The second-order valence-electron chi connectivity index (χ2n) is 5.20. The number of para-hydroxylation sites is 1. The fourth-order valence-electron chi connectivity index (χ4n) is 2.37. The number of nitrogens with zero attached hydrogens (tertiary/aromatic N) is 1. The third kappa shape index (κ3) is 2.57. The average molecular weight is 371 g/mol. The molecule has 0 aliphatic carbocycles. The van der Waals surface area contributed by atoms with Crippen molar-refractivity contribution in [3.05, 3.63) is 54.2 Å². The van der Waals surface area contributed by atoms with Gasteiger partial charge in [-0.2, -0.15) is 13.2 Å². The molecule has 3 rings (SSSR count). The summed E-state index contributed by atoms with van der Waals surface area (Å²) in [5, 5.41) is 2.83. The number of furan rings is 1. The monoisotopic (exact) mass is 371 g/mol. The Hall–Kier alpha value is -3.37. The highest BCUT2D eigenvalue weighted by Crippen LogP contribution is 2.36. The molecule has 0 spiro atoms. The number of alkyl halides is 3. The van der Waals surface area contributed by atoms with E-state index in [9.17, 15) is 31.9 Å². The molecule has 1 fully saturated rings. The van der Waals surface area contributed by atoms with E-state index in [1.165, 1.54) is 28.8 Å². The Labute approximate surface area is 142 Å². The number of amides is 4. The van der Waals surface area contributed by atoms with E-state index in [-0.39, 0.29) is 4.90 Å². The summed E-state index contributed by atoms with van der Waals surface area (Å²) in [6, 6.07) is 5.04. The highest BCUT2D eigenvalue weighted by molar-refractivity contribution is 6.24. The predicted octanol–water partition coefficient (Wildman–Crippen LogP) is 2.16. The van der Waals surface area contributed by atoms with Gasteiger partial charge in [-0.25, -0.2) is 14.1 Å². The summed E-state index contributed by atoms with van der Waals surface area (Å²) in [4.78, 5) is 36.4. The second kappa shape index (κ2) is 5.86. The molecule has 1 aliphatic rings. The molecule has 0 bridgehead atoms. The number of anilines is 1. The van der Waals surface area contributed by atoms with Gasteiger partial charge in [-0.3, -0.25) is 14.9 Å². The Morgan fingerprint density at radius 2 is 1.85 bits per heavy atom. The minimum Gasteiger partial charge on any atom is -0.459 e. The molecule has 1 aromatic heterocycles. The quantitative estimate of drug-likeness (QED) is 0.639. The Morgan fingerprint density at radius 3 is 2.42 bits per heavy atom. The van der Waals surface area contributed by atoms with Gasteiger partial charge < -0.3 is 9.73 Å². The second-order valence-corrected chi connectivity index (χ2v) is 5.20. The molecular formula is C15H9F4N3O4. The minimum absolute atomic E-state index is 0.0226. The molecule has 0 saturated carbocycles. The number of benzene rings is 1. The molecule has 4 amide bonds. The molecule has 2 N–H and O–H groups in total. The first-order chi connectivity index (χ1) is 12.2. The van der Waals surface area contributed by atoms with Crippen LogP contribution in [0, 0.1) is 5.82 Å². The van der Waals surface area contributed by atoms with E-state index >= 15 is 0 Å². The van der Waals surface area contributed by atoms with E-state index in [0.717, 1.165) is 24.5 Å². The number of urea groups is 1. The van der Waals surface area contributed by atoms with Crippen molar-refractivity contribution in [2.45, 2.75) is 11.8 Å². The maximum absolute atomic E-state index is 13.9. The number of hydrogen-bond donors (Lipinski definition) is 2. The molecule has 0 unspecified atom stereocenters. The van der Waals surface area contributed by atoms with E-state index in [1.54, 1.807) is 0 Å². The van der Waals surface area contributed by atoms with Crippen molar-refractivity contribution in [1.29, 1.82) is 0 Å². The molecule has 1 aliphatic heterocycles. The van der Waals surface area contributed by atoms with Crippen LogP contribution < -0.4 is 15.5 Å². The largest absolute Gasteiger partial charge is 0.459 e. The number of carbonyl (C=O) groups is 3. The van der Waals surface area contributed by atoms with E-state index in [0.29, 0.717) is 0 Å². The van der Waals surface area contributed by atoms with Crippen molar-refractivity contribution in [1.82, 2.24) is 10.6 Å². The van der Waals surface area contributed by atoms with Crippen molar-refractivity contribution in [2.75, 3.05) is 4.90 Å². The fraction of sp³-hybridized carbons (Fsp3) is 0.133. The van der Waals surface area contributed by atoms with Crippen molar-refractivity contribution in [2.24, 2.45) is 0 Å². The topological polar surface area (TPSA) is 91.7 Å². The lowest BCUT2D eigenvalue weighted by Crippen LogP contribution is -2.69. The van der Waals surface area contributed by atoms with Crippen molar-refractivity contribution < 1.29 is 36.4 Å². The van der Waals surface area contributed by atoms with Gasteiger partial charge in [-0.15, -0.1) is 0 Å². The summed E-state index contributed by atoms with van der Waals surface area (Å²) in [5.41, 5.74) is -4.45. The van der Waals surface area contributed by atoms with Crippen LogP contribution in [0.3, 0.4) is 0 Å². The van der Waals surface area contributed by atoms with E-state index in [2.05, 4.69) is 4.42 Å². The number of carbonyl (C=O) groups excluding carboxylic acids is 3. The molecule has 136 valence electrons. The van der Waals surface area contributed by atoms with Crippen LogP contribution in [0.5, 0.6) is 0 Å². The van der Waals surface area contributed by atoms with E-state index < -0.39 is 46.9 Å². The summed E-state index contributed by atoms with van der Waals surface area (Å²) >= 11 is 0. The molecule has 2 heterocycles. The lowest BCUT2D eigenvalue weighted by atomic mass is 10.1. The molecule has 0 radical (unpaired) electrons. The molecule has 2 aromatic rings. The summed E-state index contributed by atoms with van der Waals surface area (Å²) in [5.74, 6) is -4.90. The number of imide groups is 1. The van der Waals surface area contributed by atoms with Gasteiger partial charge in [-0.1, -0.05) is 12.1 Å². The highest BCUT2D eigenvalue weighted by atomic mass is 19.4. The van der Waals surface area contributed by atoms with Gasteiger partial charge in [0.05, 0.1) is 12.0 Å². The first kappa shape index (κ1) is 17.5. The SMILES string of the molecule is O=C(N[C@@]1(C(F)(F)F)NC(=O)N(c2ccccc2F)C1=O)c1ccco1. The highest BCUT2D eigenvalue weighted by Gasteiger charge is 2.69. The van der Waals surface area contributed by atoms with Crippen molar-refractivity contribution in [3.63, 3.8) is 0 Å². The summed E-state index contributed by atoms with van der Waals surface area (Å²) in [6.45, 7) is 0. The average Bonchev–Trinajstić information content (AvgIpc) is 3.16. The van der Waals surface area contributed by atoms with Crippen LogP contribution in [-0.4, -0.2) is 29.7 Å². The van der Waals surface area contributed by atoms with Crippen LogP contribution >= 0.6 is 0 Å². The Balaban J connectivity index is 2.04. The standard InChI is InChI=1S/C15H9F4N3O4/c16-8-4-1-2-5-9(8)22-12(24)14(15(17,18)19,21-13(22)25)20-11(23)10-6-3-7-26-10/h1-7H,(H,20,23)(H,21,25)/t14-/m1/s1. The van der Waals surface area contributed by atoms with Crippen LogP contribution in [0.2, 0.25) is 0 Å². The van der Waals surface area contributed by atoms with Crippen LogP contribution in [0.15, 0.2) is 47.1 Å². The first-order valence-electron chi connectivity index (χ1n) is 7.01. The van der Waals surface area contributed by atoms with Gasteiger partial charge in [0.25, 0.3) is 17.5 Å². The van der Waals surface area contributed by atoms with Crippen molar-refractivity contribution >= 4 is 23.5 Å². The molecule has 7 nitrogen and oxygen atoms in total. The summed E-state index contributed by atoms with van der Waals surface area (Å²) in [7, 11) is 0. The number of nitrogens with one attached hydrogen (secondary N) is 2. The molecule has 1 atom stereocenters. The molecule has 1 saturated heterocycles. The van der Waals surface area contributed by atoms with E-state index in [4.69, 9.17) is 0 Å². The molecule has 1 aromatic carbocycles. The Morgan fingerprint density at radius 1 is 1.15 bits per heavy atom. The van der Waals surface area contributed by atoms with Crippen LogP contribution in [-0.2, 0) is 4.79 Å². The first-order valence-corrected chi connectivity index (χ1v) is 7.01. The zero-order chi connectivity index (χ0) is 19.1. The zero-order valence-corrected chi connectivity index (χ0v) is 12.6. The molecular weight excluding hydrogens is 362 g/mol. The maximum Gasteiger partial charge on any atom is 0.440 e. The summed E-state index contributed by atoms with van der Waals surface area (Å²) in [6.07, 6.45) is -4.38. The number of rotatable bonds is 3. The molecule has 26 heavy (non-hydrogen) atoms.